The summed E-state index contributed by atoms with van der Waals surface area (Å²) in [5, 5.41) is 2.30. The van der Waals surface area contributed by atoms with Crippen molar-refractivity contribution < 1.29 is 19.1 Å². The van der Waals surface area contributed by atoms with E-state index in [-0.39, 0.29) is 19.7 Å². The van der Waals surface area contributed by atoms with E-state index in [4.69, 9.17) is 10.6 Å². The number of esters is 1. The minimum Gasteiger partial charge on any atom is -0.460 e. The molecule has 0 aromatic rings. The molecule has 0 spiro atoms. The average Bonchev–Trinajstić information content (AvgIpc) is 2.11. The summed E-state index contributed by atoms with van der Waals surface area (Å²) in [4.78, 5) is 22.1. The van der Waals surface area contributed by atoms with Gasteiger partial charge in [0.05, 0.1) is 13.1 Å². The zero-order valence-electron chi connectivity index (χ0n) is 9.83. The van der Waals surface area contributed by atoms with Crippen LogP contribution >= 0.6 is 0 Å². The Kier molecular flexibility index (Phi) is 6.43. The maximum Gasteiger partial charge on any atom is 0.408 e. The number of amides is 1. The second-order valence-corrected chi connectivity index (χ2v) is 4.03. The molecule has 0 rings (SSSR count). The van der Waals surface area contributed by atoms with Crippen molar-refractivity contribution in [2.45, 2.75) is 32.8 Å². The second kappa shape index (κ2) is 7.02. The van der Waals surface area contributed by atoms with E-state index in [0.29, 0.717) is 0 Å². The molecule has 0 saturated heterocycles. The lowest BCUT2D eigenvalue weighted by Crippen LogP contribution is -2.38. The van der Waals surface area contributed by atoms with E-state index in [1.165, 1.54) is 0 Å². The molecule has 0 heterocycles. The summed E-state index contributed by atoms with van der Waals surface area (Å²) in [5.41, 5.74) is 1.70. The summed E-state index contributed by atoms with van der Waals surface area (Å²) in [5.74, 6) is 4.52. The van der Waals surface area contributed by atoms with E-state index in [1.807, 2.05) is 0 Å². The van der Waals surface area contributed by atoms with Crippen LogP contribution < -0.4 is 16.6 Å². The van der Waals surface area contributed by atoms with Crippen molar-refractivity contribution in [3.8, 4) is 0 Å². The predicted molar refractivity (Wildman–Crippen MR) is 57.1 cm³/mol. The van der Waals surface area contributed by atoms with Crippen LogP contribution in [0.4, 0.5) is 4.79 Å². The van der Waals surface area contributed by atoms with Gasteiger partial charge in [-0.2, -0.15) is 0 Å². The van der Waals surface area contributed by atoms with Gasteiger partial charge in [0.1, 0.15) is 12.2 Å². The van der Waals surface area contributed by atoms with Gasteiger partial charge in [0, 0.05) is 0 Å². The third-order valence-electron chi connectivity index (χ3n) is 1.29. The maximum atomic E-state index is 11.2. The van der Waals surface area contributed by atoms with Gasteiger partial charge in [-0.3, -0.25) is 10.6 Å². The Morgan fingerprint density at radius 1 is 1.31 bits per heavy atom. The highest BCUT2D eigenvalue weighted by Gasteiger charge is 2.16. The van der Waals surface area contributed by atoms with Crippen LogP contribution in [0, 0.1) is 0 Å². The van der Waals surface area contributed by atoms with Gasteiger partial charge in [-0.05, 0) is 20.8 Å². The molecule has 0 unspecified atom stereocenters. The first kappa shape index (κ1) is 14.7. The minimum atomic E-state index is -0.637. The largest absolute Gasteiger partial charge is 0.460 e. The first-order chi connectivity index (χ1) is 7.35. The fourth-order valence-electron chi connectivity index (χ4n) is 0.794. The van der Waals surface area contributed by atoms with Crippen molar-refractivity contribution in [3.63, 3.8) is 0 Å². The van der Waals surface area contributed by atoms with Gasteiger partial charge in [-0.15, -0.1) is 0 Å². The minimum absolute atomic E-state index is 0.0225. The molecule has 0 saturated carbocycles. The molecule has 0 atom stereocenters. The topological polar surface area (TPSA) is 103 Å². The molecule has 94 valence electrons. The monoisotopic (exact) mass is 233 g/mol. The third-order valence-corrected chi connectivity index (χ3v) is 1.29. The molecular weight excluding hydrogens is 214 g/mol. The zero-order chi connectivity index (χ0) is 12.6. The molecule has 7 nitrogen and oxygen atoms in total. The van der Waals surface area contributed by atoms with Crippen molar-refractivity contribution >= 4 is 12.1 Å². The lowest BCUT2D eigenvalue weighted by atomic mass is 10.2. The number of hydrogen-bond acceptors (Lipinski definition) is 6. The van der Waals surface area contributed by atoms with Gasteiger partial charge >= 0.3 is 12.1 Å². The summed E-state index contributed by atoms with van der Waals surface area (Å²) in [6.07, 6.45) is -0.609. The SMILES string of the molecule is CC(C)(C)OC(=O)CCOC(=O)NCNN. The van der Waals surface area contributed by atoms with Crippen molar-refractivity contribution in [2.75, 3.05) is 13.3 Å². The number of alkyl carbamates (subject to hydrolysis) is 1. The first-order valence-corrected chi connectivity index (χ1v) is 4.91. The molecule has 0 fully saturated rings. The lowest BCUT2D eigenvalue weighted by molar-refractivity contribution is -0.155. The van der Waals surface area contributed by atoms with Crippen LogP contribution in [-0.2, 0) is 14.3 Å². The number of carbonyl (C=O) groups excluding carboxylic acids is 2. The molecular formula is C9H19N3O4. The smallest absolute Gasteiger partial charge is 0.408 e. The summed E-state index contributed by atoms with van der Waals surface area (Å²) in [7, 11) is 0. The molecule has 0 aromatic heterocycles. The zero-order valence-corrected chi connectivity index (χ0v) is 9.83. The van der Waals surface area contributed by atoms with Crippen LogP contribution in [0.15, 0.2) is 0 Å². The maximum absolute atomic E-state index is 11.2. The van der Waals surface area contributed by atoms with Crippen LogP contribution in [-0.4, -0.2) is 30.9 Å². The van der Waals surface area contributed by atoms with Gasteiger partial charge in [0.15, 0.2) is 0 Å². The molecule has 0 aliphatic rings. The fourth-order valence-corrected chi connectivity index (χ4v) is 0.794. The average molecular weight is 233 g/mol. The van der Waals surface area contributed by atoms with Crippen molar-refractivity contribution in [3.05, 3.63) is 0 Å². The predicted octanol–water partition coefficient (Wildman–Crippen LogP) is -0.135. The van der Waals surface area contributed by atoms with Crippen LogP contribution in [0.1, 0.15) is 27.2 Å². The molecule has 0 bridgehead atoms. The number of hydrogen-bond donors (Lipinski definition) is 3. The first-order valence-electron chi connectivity index (χ1n) is 4.91. The Balaban J connectivity index is 3.58. The Morgan fingerprint density at radius 2 is 1.94 bits per heavy atom. The number of carbonyl (C=O) groups is 2. The van der Waals surface area contributed by atoms with Gasteiger partial charge < -0.3 is 14.8 Å². The van der Waals surface area contributed by atoms with Crippen LogP contribution in [0.2, 0.25) is 0 Å². The van der Waals surface area contributed by atoms with Gasteiger partial charge in [-0.1, -0.05) is 0 Å². The Bertz CT molecular complexity index is 237. The van der Waals surface area contributed by atoms with Crippen molar-refractivity contribution in [1.82, 2.24) is 10.7 Å². The number of nitrogens with two attached hydrogens (primary N) is 1. The number of ether oxygens (including phenoxy) is 2. The van der Waals surface area contributed by atoms with Crippen LogP contribution in [0.5, 0.6) is 0 Å². The summed E-state index contributed by atoms with van der Waals surface area (Å²) in [6.45, 7) is 5.39. The molecule has 16 heavy (non-hydrogen) atoms. The number of hydrazine groups is 1. The fraction of sp³-hybridized carbons (Fsp3) is 0.778. The molecule has 0 aromatic carbocycles. The second-order valence-electron chi connectivity index (χ2n) is 4.03. The van der Waals surface area contributed by atoms with E-state index in [0.717, 1.165) is 0 Å². The summed E-state index contributed by atoms with van der Waals surface area (Å²) in [6, 6.07) is 0. The van der Waals surface area contributed by atoms with Gasteiger partial charge in [-0.25, -0.2) is 10.2 Å². The Morgan fingerprint density at radius 3 is 2.44 bits per heavy atom. The van der Waals surface area contributed by atoms with E-state index in [2.05, 4.69) is 15.5 Å². The van der Waals surface area contributed by atoms with E-state index >= 15 is 0 Å². The van der Waals surface area contributed by atoms with Gasteiger partial charge in [0.25, 0.3) is 0 Å². The molecule has 0 aliphatic carbocycles. The van der Waals surface area contributed by atoms with E-state index in [9.17, 15) is 9.59 Å². The number of nitrogens with one attached hydrogen (secondary N) is 2. The molecule has 0 radical (unpaired) electrons. The summed E-state index contributed by atoms with van der Waals surface area (Å²) < 4.78 is 9.70. The molecule has 1 amide bonds. The van der Waals surface area contributed by atoms with Crippen molar-refractivity contribution in [1.29, 1.82) is 0 Å². The third kappa shape index (κ3) is 9.22. The normalized spacial score (nSPS) is 10.8. The molecule has 0 aliphatic heterocycles. The highest BCUT2D eigenvalue weighted by atomic mass is 16.6. The van der Waals surface area contributed by atoms with E-state index < -0.39 is 17.7 Å². The molecule has 4 N–H and O–H groups in total. The number of rotatable bonds is 5. The Labute approximate surface area is 94.6 Å². The van der Waals surface area contributed by atoms with Crippen LogP contribution in [0.25, 0.3) is 0 Å². The standard InChI is InChI=1S/C9H19N3O4/c1-9(2,3)16-7(13)4-5-15-8(14)11-6-12-10/h12H,4-6,10H2,1-3H3,(H,11,14). The molecule has 7 heteroatoms. The quantitative estimate of drug-likeness (QED) is 0.264. The lowest BCUT2D eigenvalue weighted by Gasteiger charge is -2.19. The summed E-state index contributed by atoms with van der Waals surface area (Å²) >= 11 is 0. The Hall–Kier alpha value is -1.34. The highest BCUT2D eigenvalue weighted by Crippen LogP contribution is 2.07. The van der Waals surface area contributed by atoms with Gasteiger partial charge in [0.2, 0.25) is 0 Å². The highest BCUT2D eigenvalue weighted by molar-refractivity contribution is 5.71. The van der Waals surface area contributed by atoms with Crippen molar-refractivity contribution in [2.24, 2.45) is 5.84 Å². The van der Waals surface area contributed by atoms with E-state index in [1.54, 1.807) is 20.8 Å². The van der Waals surface area contributed by atoms with Crippen LogP contribution in [0.3, 0.4) is 0 Å².